The Balaban J connectivity index is 2.03. The van der Waals surface area contributed by atoms with E-state index in [1.807, 2.05) is 7.05 Å². The van der Waals surface area contributed by atoms with E-state index in [-0.39, 0.29) is 11.9 Å². The standard InChI is InChI=1S/C10H18N2O/c1-11-9-6-5-7-3-2-4-8(7)12-10(9)13/h7-9,11H,2-6H2,1H3,(H,12,13). The van der Waals surface area contributed by atoms with Gasteiger partial charge in [0.1, 0.15) is 0 Å². The Morgan fingerprint density at radius 1 is 1.31 bits per heavy atom. The summed E-state index contributed by atoms with van der Waals surface area (Å²) in [7, 11) is 1.87. The number of carbonyl (C=O) groups is 1. The highest BCUT2D eigenvalue weighted by atomic mass is 16.2. The average molecular weight is 182 g/mol. The molecule has 0 aromatic rings. The van der Waals surface area contributed by atoms with Gasteiger partial charge in [-0.3, -0.25) is 4.79 Å². The number of carbonyl (C=O) groups excluding carboxylic acids is 1. The summed E-state index contributed by atoms with van der Waals surface area (Å²) in [6.45, 7) is 0. The van der Waals surface area contributed by atoms with Crippen molar-refractivity contribution in [1.82, 2.24) is 10.6 Å². The van der Waals surface area contributed by atoms with E-state index >= 15 is 0 Å². The number of fused-ring (bicyclic) bond motifs is 1. The van der Waals surface area contributed by atoms with Crippen molar-refractivity contribution in [3.05, 3.63) is 0 Å². The molecule has 1 aliphatic heterocycles. The first-order valence-electron chi connectivity index (χ1n) is 5.29. The number of hydrogen-bond donors (Lipinski definition) is 2. The zero-order valence-electron chi connectivity index (χ0n) is 8.18. The van der Waals surface area contributed by atoms with Crippen molar-refractivity contribution in [2.45, 2.75) is 44.2 Å². The van der Waals surface area contributed by atoms with Crippen molar-refractivity contribution in [3.63, 3.8) is 0 Å². The number of amides is 1. The van der Waals surface area contributed by atoms with Gasteiger partial charge in [0.2, 0.25) is 5.91 Å². The molecule has 0 radical (unpaired) electrons. The summed E-state index contributed by atoms with van der Waals surface area (Å²) in [6, 6.07) is 0.524. The van der Waals surface area contributed by atoms with Crippen LogP contribution in [0, 0.1) is 5.92 Å². The molecular formula is C10H18N2O. The van der Waals surface area contributed by atoms with Gasteiger partial charge in [-0.2, -0.15) is 0 Å². The van der Waals surface area contributed by atoms with Crippen molar-refractivity contribution in [3.8, 4) is 0 Å². The molecular weight excluding hydrogens is 164 g/mol. The molecule has 1 saturated heterocycles. The van der Waals surface area contributed by atoms with Crippen molar-refractivity contribution < 1.29 is 4.79 Å². The van der Waals surface area contributed by atoms with Crippen molar-refractivity contribution >= 4 is 5.91 Å². The maximum absolute atomic E-state index is 11.6. The largest absolute Gasteiger partial charge is 0.352 e. The Bertz CT molecular complexity index is 205. The monoisotopic (exact) mass is 182 g/mol. The van der Waals surface area contributed by atoms with Crippen molar-refractivity contribution in [1.29, 1.82) is 0 Å². The first-order valence-corrected chi connectivity index (χ1v) is 5.29. The lowest BCUT2D eigenvalue weighted by atomic mass is 9.98. The van der Waals surface area contributed by atoms with Crippen LogP contribution in [0.1, 0.15) is 32.1 Å². The van der Waals surface area contributed by atoms with E-state index in [0.717, 1.165) is 12.3 Å². The summed E-state index contributed by atoms with van der Waals surface area (Å²) in [4.78, 5) is 11.6. The van der Waals surface area contributed by atoms with E-state index < -0.39 is 0 Å². The van der Waals surface area contributed by atoms with E-state index in [2.05, 4.69) is 10.6 Å². The van der Waals surface area contributed by atoms with Crippen LogP contribution in [0.3, 0.4) is 0 Å². The Hall–Kier alpha value is -0.570. The van der Waals surface area contributed by atoms with Crippen LogP contribution in [0.4, 0.5) is 0 Å². The highest BCUT2D eigenvalue weighted by Gasteiger charge is 2.33. The molecule has 0 spiro atoms. The molecule has 2 aliphatic rings. The SMILES string of the molecule is CNC1CCC2CCCC2NC1=O. The molecule has 13 heavy (non-hydrogen) atoms. The van der Waals surface area contributed by atoms with Gasteiger partial charge in [0.05, 0.1) is 6.04 Å². The van der Waals surface area contributed by atoms with Crippen molar-refractivity contribution in [2.24, 2.45) is 5.92 Å². The second kappa shape index (κ2) is 3.66. The molecule has 1 saturated carbocycles. The normalized spacial score (nSPS) is 39.5. The smallest absolute Gasteiger partial charge is 0.237 e. The zero-order chi connectivity index (χ0) is 9.26. The summed E-state index contributed by atoms with van der Waals surface area (Å²) in [5, 5.41) is 6.21. The Morgan fingerprint density at radius 3 is 2.92 bits per heavy atom. The van der Waals surface area contributed by atoms with Crippen LogP contribution in [0.15, 0.2) is 0 Å². The van der Waals surface area contributed by atoms with Crippen LogP contribution < -0.4 is 10.6 Å². The predicted octanol–water partition coefficient (Wildman–Crippen LogP) is 0.653. The minimum absolute atomic E-state index is 0.0469. The fraction of sp³-hybridized carbons (Fsp3) is 0.900. The van der Waals surface area contributed by atoms with Gasteiger partial charge >= 0.3 is 0 Å². The fourth-order valence-electron chi connectivity index (χ4n) is 2.64. The summed E-state index contributed by atoms with van der Waals surface area (Å²) in [6.07, 6.45) is 5.99. The van der Waals surface area contributed by atoms with Crippen LogP contribution >= 0.6 is 0 Å². The molecule has 1 heterocycles. The molecule has 0 aromatic carbocycles. The lowest BCUT2D eigenvalue weighted by molar-refractivity contribution is -0.123. The Labute approximate surface area is 79.3 Å². The van der Waals surface area contributed by atoms with Crippen LogP contribution in [-0.2, 0) is 4.79 Å². The van der Waals surface area contributed by atoms with Crippen molar-refractivity contribution in [2.75, 3.05) is 7.05 Å². The minimum atomic E-state index is 0.0469. The predicted molar refractivity (Wildman–Crippen MR) is 51.4 cm³/mol. The third kappa shape index (κ3) is 1.70. The molecule has 2 N–H and O–H groups in total. The van der Waals surface area contributed by atoms with Crippen LogP contribution in [0.25, 0.3) is 0 Å². The van der Waals surface area contributed by atoms with Gasteiger partial charge < -0.3 is 10.6 Å². The second-order valence-electron chi connectivity index (χ2n) is 4.22. The Morgan fingerprint density at radius 2 is 2.15 bits per heavy atom. The molecule has 3 atom stereocenters. The minimum Gasteiger partial charge on any atom is -0.352 e. The molecule has 2 fully saturated rings. The van der Waals surface area contributed by atoms with Gasteiger partial charge in [-0.15, -0.1) is 0 Å². The van der Waals surface area contributed by atoms with E-state index in [9.17, 15) is 4.79 Å². The quantitative estimate of drug-likeness (QED) is 0.625. The van der Waals surface area contributed by atoms with Gasteiger partial charge in [0.25, 0.3) is 0 Å². The lowest BCUT2D eigenvalue weighted by Crippen LogP contribution is -2.44. The van der Waals surface area contributed by atoms with E-state index in [1.165, 1.54) is 25.7 Å². The van der Waals surface area contributed by atoms with Crippen LogP contribution in [0.5, 0.6) is 0 Å². The molecule has 3 heteroatoms. The highest BCUT2D eigenvalue weighted by Crippen LogP contribution is 2.31. The number of hydrogen-bond acceptors (Lipinski definition) is 2. The van der Waals surface area contributed by atoms with Gasteiger partial charge in [0, 0.05) is 6.04 Å². The molecule has 3 unspecified atom stereocenters. The highest BCUT2D eigenvalue weighted by molar-refractivity contribution is 5.82. The molecule has 1 amide bonds. The first kappa shape index (κ1) is 9.00. The van der Waals surface area contributed by atoms with Gasteiger partial charge in [-0.05, 0) is 38.6 Å². The fourth-order valence-corrected chi connectivity index (χ4v) is 2.64. The molecule has 0 bridgehead atoms. The zero-order valence-corrected chi connectivity index (χ0v) is 8.18. The summed E-state index contributed by atoms with van der Waals surface area (Å²) in [5.41, 5.74) is 0. The number of likely N-dealkylation sites (N-methyl/N-ethyl adjacent to an activating group) is 1. The van der Waals surface area contributed by atoms with Gasteiger partial charge in [-0.1, -0.05) is 6.42 Å². The summed E-state index contributed by atoms with van der Waals surface area (Å²) in [5.74, 6) is 0.958. The van der Waals surface area contributed by atoms with Gasteiger partial charge in [0.15, 0.2) is 0 Å². The van der Waals surface area contributed by atoms with E-state index in [0.29, 0.717) is 6.04 Å². The average Bonchev–Trinajstić information content (AvgIpc) is 2.48. The summed E-state index contributed by atoms with van der Waals surface area (Å²) < 4.78 is 0. The second-order valence-corrected chi connectivity index (χ2v) is 4.22. The molecule has 2 rings (SSSR count). The third-order valence-electron chi connectivity index (χ3n) is 3.48. The number of rotatable bonds is 1. The first-order chi connectivity index (χ1) is 6.31. The maximum atomic E-state index is 11.6. The van der Waals surface area contributed by atoms with E-state index in [1.54, 1.807) is 0 Å². The van der Waals surface area contributed by atoms with Gasteiger partial charge in [-0.25, -0.2) is 0 Å². The molecule has 1 aliphatic carbocycles. The third-order valence-corrected chi connectivity index (χ3v) is 3.48. The summed E-state index contributed by atoms with van der Waals surface area (Å²) >= 11 is 0. The number of nitrogens with one attached hydrogen (secondary N) is 2. The maximum Gasteiger partial charge on any atom is 0.237 e. The van der Waals surface area contributed by atoms with E-state index in [4.69, 9.17) is 0 Å². The molecule has 0 aromatic heterocycles. The lowest BCUT2D eigenvalue weighted by Gasteiger charge is -2.16. The Kier molecular flexibility index (Phi) is 2.54. The molecule has 3 nitrogen and oxygen atoms in total. The topological polar surface area (TPSA) is 41.1 Å². The van der Waals surface area contributed by atoms with Crippen LogP contribution in [-0.4, -0.2) is 25.0 Å². The molecule has 74 valence electrons. The van der Waals surface area contributed by atoms with Crippen LogP contribution in [0.2, 0.25) is 0 Å².